The van der Waals surface area contributed by atoms with Crippen LogP contribution < -0.4 is 0 Å². The first-order chi connectivity index (χ1) is 13.4. The number of benzene rings is 1. The SMILES string of the molecule is CCc1c(C(=O)N2CCN(C)C3(CCC(=O)N(C)CC3)C2)[nH]c2ccccc12. The van der Waals surface area contributed by atoms with Crippen LogP contribution in [0.15, 0.2) is 24.3 Å². The zero-order chi connectivity index (χ0) is 19.9. The van der Waals surface area contributed by atoms with Gasteiger partial charge >= 0.3 is 0 Å². The second-order valence-electron chi connectivity index (χ2n) is 8.32. The van der Waals surface area contributed by atoms with E-state index >= 15 is 0 Å². The number of amides is 2. The molecule has 1 atom stereocenters. The minimum atomic E-state index is -0.118. The van der Waals surface area contributed by atoms with E-state index in [9.17, 15) is 9.59 Å². The molecule has 1 unspecified atom stereocenters. The molecule has 28 heavy (non-hydrogen) atoms. The Bertz CT molecular complexity index is 905. The van der Waals surface area contributed by atoms with Gasteiger partial charge in [-0.05, 0) is 37.9 Å². The van der Waals surface area contributed by atoms with Crippen molar-refractivity contribution >= 4 is 22.7 Å². The number of H-pyrrole nitrogens is 1. The summed E-state index contributed by atoms with van der Waals surface area (Å²) in [5.41, 5.74) is 2.73. The van der Waals surface area contributed by atoms with E-state index in [1.54, 1.807) is 0 Å². The van der Waals surface area contributed by atoms with Gasteiger partial charge in [0.1, 0.15) is 5.69 Å². The van der Waals surface area contributed by atoms with Crippen LogP contribution in [0.1, 0.15) is 42.2 Å². The van der Waals surface area contributed by atoms with Gasteiger partial charge in [-0.15, -0.1) is 0 Å². The van der Waals surface area contributed by atoms with Crippen molar-refractivity contribution in [1.82, 2.24) is 19.7 Å². The van der Waals surface area contributed by atoms with E-state index in [2.05, 4.69) is 29.9 Å². The Kier molecular flexibility index (Phi) is 4.91. The number of carbonyl (C=O) groups is 2. The van der Waals surface area contributed by atoms with Gasteiger partial charge in [0.05, 0.1) is 0 Å². The Labute approximate surface area is 166 Å². The number of carbonyl (C=O) groups excluding carboxylic acids is 2. The quantitative estimate of drug-likeness (QED) is 0.868. The summed E-state index contributed by atoms with van der Waals surface area (Å²) in [5.74, 6) is 0.294. The largest absolute Gasteiger partial charge is 0.350 e. The number of likely N-dealkylation sites (N-methyl/N-ethyl adjacent to an activating group) is 1. The highest BCUT2D eigenvalue weighted by Gasteiger charge is 2.43. The number of likely N-dealkylation sites (tertiary alicyclic amines) is 1. The van der Waals surface area contributed by atoms with Gasteiger partial charge in [0.25, 0.3) is 5.91 Å². The van der Waals surface area contributed by atoms with Crippen LogP contribution in [-0.2, 0) is 11.2 Å². The summed E-state index contributed by atoms with van der Waals surface area (Å²) < 4.78 is 0. The third kappa shape index (κ3) is 3.09. The van der Waals surface area contributed by atoms with Crippen LogP contribution in [0, 0.1) is 0 Å². The summed E-state index contributed by atoms with van der Waals surface area (Å²) >= 11 is 0. The molecule has 0 radical (unpaired) electrons. The van der Waals surface area contributed by atoms with E-state index in [-0.39, 0.29) is 17.4 Å². The molecular weight excluding hydrogens is 352 g/mol. The minimum absolute atomic E-state index is 0.0875. The normalized spacial score (nSPS) is 24.2. The maximum Gasteiger partial charge on any atom is 0.270 e. The van der Waals surface area contributed by atoms with Crippen molar-refractivity contribution in [3.8, 4) is 0 Å². The number of hydrogen-bond donors (Lipinski definition) is 1. The molecule has 2 saturated heterocycles. The van der Waals surface area contributed by atoms with Crippen LogP contribution in [-0.4, -0.2) is 77.3 Å². The van der Waals surface area contributed by atoms with Crippen molar-refractivity contribution in [1.29, 1.82) is 0 Å². The topological polar surface area (TPSA) is 59.7 Å². The minimum Gasteiger partial charge on any atom is -0.350 e. The van der Waals surface area contributed by atoms with Gasteiger partial charge < -0.3 is 14.8 Å². The zero-order valence-electron chi connectivity index (χ0n) is 17.1. The van der Waals surface area contributed by atoms with Crippen LogP contribution >= 0.6 is 0 Å². The predicted molar refractivity (Wildman–Crippen MR) is 110 cm³/mol. The van der Waals surface area contributed by atoms with E-state index in [4.69, 9.17) is 0 Å². The van der Waals surface area contributed by atoms with Crippen LogP contribution in [0.5, 0.6) is 0 Å². The lowest BCUT2D eigenvalue weighted by molar-refractivity contribution is -0.129. The van der Waals surface area contributed by atoms with E-state index in [1.807, 2.05) is 35.0 Å². The van der Waals surface area contributed by atoms with Crippen LogP contribution in [0.3, 0.4) is 0 Å². The monoisotopic (exact) mass is 382 g/mol. The molecule has 2 aromatic rings. The van der Waals surface area contributed by atoms with Crippen molar-refractivity contribution in [2.24, 2.45) is 0 Å². The molecule has 0 aliphatic carbocycles. The lowest BCUT2D eigenvalue weighted by atomic mass is 9.86. The van der Waals surface area contributed by atoms with E-state index in [0.717, 1.165) is 61.1 Å². The average Bonchev–Trinajstić information content (AvgIpc) is 3.03. The predicted octanol–water partition coefficient (Wildman–Crippen LogP) is 2.50. The van der Waals surface area contributed by atoms with E-state index in [1.165, 1.54) is 0 Å². The highest BCUT2D eigenvalue weighted by Crippen LogP contribution is 2.33. The Morgan fingerprint density at radius 1 is 1.14 bits per heavy atom. The molecule has 1 aromatic heterocycles. The highest BCUT2D eigenvalue weighted by atomic mass is 16.2. The van der Waals surface area contributed by atoms with Crippen molar-refractivity contribution in [2.75, 3.05) is 40.3 Å². The van der Waals surface area contributed by atoms with Gasteiger partial charge in [-0.2, -0.15) is 0 Å². The summed E-state index contributed by atoms with van der Waals surface area (Å²) in [4.78, 5) is 35.3. The Hall–Kier alpha value is -2.34. The number of aromatic amines is 1. The lowest BCUT2D eigenvalue weighted by Crippen LogP contribution is -2.62. The van der Waals surface area contributed by atoms with Crippen molar-refractivity contribution in [2.45, 2.75) is 38.1 Å². The van der Waals surface area contributed by atoms with E-state index in [0.29, 0.717) is 13.0 Å². The van der Waals surface area contributed by atoms with Gasteiger partial charge in [0, 0.05) is 56.1 Å². The lowest BCUT2D eigenvalue weighted by Gasteiger charge is -2.49. The number of aryl methyl sites for hydroxylation is 1. The molecule has 4 rings (SSSR count). The number of aromatic nitrogens is 1. The Morgan fingerprint density at radius 3 is 2.71 bits per heavy atom. The summed E-state index contributed by atoms with van der Waals surface area (Å²) in [6.07, 6.45) is 3.09. The number of para-hydroxylation sites is 1. The fourth-order valence-electron chi connectivity index (χ4n) is 4.84. The smallest absolute Gasteiger partial charge is 0.270 e. The van der Waals surface area contributed by atoms with Crippen molar-refractivity contribution in [3.05, 3.63) is 35.5 Å². The molecule has 2 amide bonds. The Balaban J connectivity index is 1.63. The maximum absolute atomic E-state index is 13.5. The summed E-state index contributed by atoms with van der Waals surface area (Å²) in [7, 11) is 4.02. The first kappa shape index (κ1) is 19.0. The number of nitrogens with one attached hydrogen (secondary N) is 1. The molecule has 2 fully saturated rings. The molecule has 1 spiro atoms. The van der Waals surface area contributed by atoms with Crippen molar-refractivity contribution < 1.29 is 9.59 Å². The molecule has 150 valence electrons. The molecule has 3 heterocycles. The molecule has 1 N–H and O–H groups in total. The molecule has 6 nitrogen and oxygen atoms in total. The van der Waals surface area contributed by atoms with Gasteiger partial charge in [-0.1, -0.05) is 25.1 Å². The van der Waals surface area contributed by atoms with Gasteiger partial charge in [0.2, 0.25) is 5.91 Å². The summed E-state index contributed by atoms with van der Waals surface area (Å²) in [6, 6.07) is 8.13. The Morgan fingerprint density at radius 2 is 1.93 bits per heavy atom. The summed E-state index contributed by atoms with van der Waals surface area (Å²) in [6.45, 7) is 5.09. The van der Waals surface area contributed by atoms with Crippen molar-refractivity contribution in [3.63, 3.8) is 0 Å². The van der Waals surface area contributed by atoms with Gasteiger partial charge in [-0.3, -0.25) is 14.5 Å². The number of rotatable bonds is 2. The summed E-state index contributed by atoms with van der Waals surface area (Å²) in [5, 5.41) is 1.14. The standard InChI is InChI=1S/C22H30N4O2/c1-4-16-17-7-5-6-8-18(17)23-20(16)21(28)26-14-13-25(3)22(15-26)10-9-19(27)24(2)12-11-22/h5-8,23H,4,9-15H2,1-3H3. The van der Waals surface area contributed by atoms with E-state index < -0.39 is 0 Å². The number of piperazine rings is 1. The maximum atomic E-state index is 13.5. The second-order valence-corrected chi connectivity index (χ2v) is 8.32. The number of hydrogen-bond acceptors (Lipinski definition) is 3. The molecule has 2 aliphatic rings. The third-order valence-corrected chi connectivity index (χ3v) is 6.81. The zero-order valence-corrected chi connectivity index (χ0v) is 17.1. The third-order valence-electron chi connectivity index (χ3n) is 6.81. The van der Waals surface area contributed by atoms with Crippen LogP contribution in [0.25, 0.3) is 10.9 Å². The molecule has 0 saturated carbocycles. The fraction of sp³-hybridized carbons (Fsp3) is 0.545. The van der Waals surface area contributed by atoms with Crippen LogP contribution in [0.4, 0.5) is 0 Å². The molecule has 0 bridgehead atoms. The number of nitrogens with zero attached hydrogens (tertiary/aromatic N) is 3. The van der Waals surface area contributed by atoms with Gasteiger partial charge in [-0.25, -0.2) is 0 Å². The molecule has 6 heteroatoms. The second kappa shape index (κ2) is 7.24. The molecular formula is C22H30N4O2. The van der Waals surface area contributed by atoms with Crippen LogP contribution in [0.2, 0.25) is 0 Å². The molecule has 1 aromatic carbocycles. The average molecular weight is 383 g/mol. The fourth-order valence-corrected chi connectivity index (χ4v) is 4.84. The van der Waals surface area contributed by atoms with Gasteiger partial charge in [0.15, 0.2) is 0 Å². The first-order valence-electron chi connectivity index (χ1n) is 10.3. The highest BCUT2D eigenvalue weighted by molar-refractivity contribution is 6.01. The number of fused-ring (bicyclic) bond motifs is 1. The first-order valence-corrected chi connectivity index (χ1v) is 10.3. The molecule has 2 aliphatic heterocycles.